The molecule has 83 valence electrons. The number of hydrogen-bond acceptors (Lipinski definition) is 0. The average molecular weight is 297 g/mol. The van der Waals surface area contributed by atoms with Gasteiger partial charge in [-0.2, -0.15) is 0 Å². The minimum atomic E-state index is 0. The van der Waals surface area contributed by atoms with Crippen LogP contribution in [-0.4, -0.2) is 0 Å². The first-order valence-electron chi connectivity index (χ1n) is 5.56. The number of rotatable bonds is 0. The minimum Gasteiger partial charge on any atom is -0.115 e. The largest absolute Gasteiger partial charge is 0.115 e. The molecule has 17 heavy (non-hydrogen) atoms. The molecule has 0 fully saturated rings. The van der Waals surface area contributed by atoms with Crippen molar-refractivity contribution in [3.05, 3.63) is 53.1 Å². The SMILES string of the molecule is C#C/C=C1\C(=C/C)C(C)(C)c2ccccc21.[Y]. The van der Waals surface area contributed by atoms with Crippen molar-refractivity contribution in [2.45, 2.75) is 26.2 Å². The quantitative estimate of drug-likeness (QED) is 0.636. The van der Waals surface area contributed by atoms with E-state index in [9.17, 15) is 0 Å². The van der Waals surface area contributed by atoms with E-state index in [1.54, 1.807) is 0 Å². The molecule has 0 aliphatic heterocycles. The van der Waals surface area contributed by atoms with Crippen LogP contribution in [0, 0.1) is 12.3 Å². The molecule has 1 aliphatic carbocycles. The fourth-order valence-electron chi connectivity index (χ4n) is 2.65. The molecular formula is C16H16Y. The van der Waals surface area contributed by atoms with E-state index < -0.39 is 0 Å². The van der Waals surface area contributed by atoms with Crippen LogP contribution in [0.15, 0.2) is 42.0 Å². The van der Waals surface area contributed by atoms with Crippen molar-refractivity contribution in [1.82, 2.24) is 0 Å². The van der Waals surface area contributed by atoms with E-state index in [0.29, 0.717) is 0 Å². The Morgan fingerprint density at radius 3 is 2.47 bits per heavy atom. The van der Waals surface area contributed by atoms with Gasteiger partial charge in [-0.25, -0.2) is 0 Å². The molecule has 0 saturated heterocycles. The first-order valence-corrected chi connectivity index (χ1v) is 5.56. The summed E-state index contributed by atoms with van der Waals surface area (Å²) in [5.74, 6) is 2.65. The van der Waals surface area contributed by atoms with Crippen LogP contribution in [0.25, 0.3) is 5.57 Å². The van der Waals surface area contributed by atoms with Gasteiger partial charge in [-0.1, -0.05) is 50.1 Å². The maximum absolute atomic E-state index is 5.42. The molecule has 0 N–H and O–H groups in total. The summed E-state index contributed by atoms with van der Waals surface area (Å²) in [6.45, 7) is 6.57. The third-order valence-electron chi connectivity index (χ3n) is 3.37. The van der Waals surface area contributed by atoms with Gasteiger partial charge in [-0.15, -0.1) is 6.42 Å². The van der Waals surface area contributed by atoms with E-state index in [1.807, 2.05) is 6.08 Å². The summed E-state index contributed by atoms with van der Waals surface area (Å²) in [6.07, 6.45) is 9.47. The van der Waals surface area contributed by atoms with Crippen LogP contribution in [0.4, 0.5) is 0 Å². The van der Waals surface area contributed by atoms with Crippen molar-refractivity contribution < 1.29 is 32.7 Å². The Morgan fingerprint density at radius 2 is 1.88 bits per heavy atom. The van der Waals surface area contributed by atoms with E-state index in [-0.39, 0.29) is 38.1 Å². The Labute approximate surface area is 129 Å². The second-order valence-corrected chi connectivity index (χ2v) is 4.60. The second kappa shape index (κ2) is 5.34. The predicted octanol–water partition coefficient (Wildman–Crippen LogP) is 3.94. The zero-order valence-electron chi connectivity index (χ0n) is 10.6. The summed E-state index contributed by atoms with van der Waals surface area (Å²) in [7, 11) is 0. The Kier molecular flexibility index (Phi) is 4.53. The van der Waals surface area contributed by atoms with Crippen LogP contribution in [0.5, 0.6) is 0 Å². The smallest absolute Gasteiger partial charge is 0.0155 e. The van der Waals surface area contributed by atoms with Crippen LogP contribution in [0.1, 0.15) is 31.9 Å². The molecule has 1 aromatic carbocycles. The molecule has 0 nitrogen and oxygen atoms in total. The van der Waals surface area contributed by atoms with E-state index >= 15 is 0 Å². The van der Waals surface area contributed by atoms with Gasteiger partial charge >= 0.3 is 0 Å². The predicted molar refractivity (Wildman–Crippen MR) is 70.0 cm³/mol. The molecule has 0 unspecified atom stereocenters. The third-order valence-corrected chi connectivity index (χ3v) is 3.37. The summed E-state index contributed by atoms with van der Waals surface area (Å²) in [6, 6.07) is 8.50. The molecular weight excluding hydrogens is 281 g/mol. The fourth-order valence-corrected chi connectivity index (χ4v) is 2.65. The first-order chi connectivity index (χ1) is 7.62. The van der Waals surface area contributed by atoms with Crippen molar-refractivity contribution in [3.8, 4) is 12.3 Å². The summed E-state index contributed by atoms with van der Waals surface area (Å²) in [5.41, 5.74) is 5.23. The van der Waals surface area contributed by atoms with E-state index in [2.05, 4.69) is 57.0 Å². The Morgan fingerprint density at radius 1 is 1.24 bits per heavy atom. The van der Waals surface area contributed by atoms with Gasteiger partial charge in [0.2, 0.25) is 0 Å². The Balaban J connectivity index is 0.00000144. The monoisotopic (exact) mass is 297 g/mol. The van der Waals surface area contributed by atoms with Crippen LogP contribution in [0.2, 0.25) is 0 Å². The molecule has 1 radical (unpaired) electrons. The fraction of sp³-hybridized carbons (Fsp3) is 0.250. The molecule has 0 spiro atoms. The topological polar surface area (TPSA) is 0 Å². The van der Waals surface area contributed by atoms with Crippen LogP contribution >= 0.6 is 0 Å². The standard InChI is InChI=1S/C16H16.Y/c1-5-9-12-13-10-7-8-11-15(13)16(3,4)14(12)6-2;/h1,6-11H,2-4H3;/b12-9-,14-6+;. The molecule has 0 saturated carbocycles. The van der Waals surface area contributed by atoms with Gasteiger partial charge in [0, 0.05) is 38.1 Å². The van der Waals surface area contributed by atoms with Crippen molar-refractivity contribution in [2.75, 3.05) is 0 Å². The molecule has 1 aromatic rings. The van der Waals surface area contributed by atoms with Gasteiger partial charge in [0.1, 0.15) is 0 Å². The van der Waals surface area contributed by atoms with Crippen molar-refractivity contribution in [1.29, 1.82) is 0 Å². The van der Waals surface area contributed by atoms with Crippen LogP contribution in [-0.2, 0) is 38.1 Å². The van der Waals surface area contributed by atoms with E-state index in [1.165, 1.54) is 22.3 Å². The maximum Gasteiger partial charge on any atom is 0.0155 e. The van der Waals surface area contributed by atoms with Crippen LogP contribution in [0.3, 0.4) is 0 Å². The number of hydrogen-bond donors (Lipinski definition) is 0. The van der Waals surface area contributed by atoms with E-state index in [0.717, 1.165) is 0 Å². The number of benzene rings is 1. The Bertz CT molecular complexity index is 525. The average Bonchev–Trinajstić information content (AvgIpc) is 2.49. The minimum absolute atomic E-state index is 0. The van der Waals surface area contributed by atoms with Gasteiger partial charge in [0.15, 0.2) is 0 Å². The van der Waals surface area contributed by atoms with Crippen molar-refractivity contribution in [3.63, 3.8) is 0 Å². The number of terminal acetylenes is 1. The summed E-state index contributed by atoms with van der Waals surface area (Å²) in [4.78, 5) is 0. The summed E-state index contributed by atoms with van der Waals surface area (Å²) < 4.78 is 0. The maximum atomic E-state index is 5.42. The molecule has 0 aromatic heterocycles. The normalized spacial score (nSPS) is 20.8. The molecule has 1 heteroatoms. The van der Waals surface area contributed by atoms with Gasteiger partial charge < -0.3 is 0 Å². The van der Waals surface area contributed by atoms with Gasteiger partial charge in [0.25, 0.3) is 0 Å². The zero-order chi connectivity index (χ0) is 11.8. The molecule has 1 aliphatic rings. The van der Waals surface area contributed by atoms with Crippen molar-refractivity contribution in [2.24, 2.45) is 0 Å². The van der Waals surface area contributed by atoms with Gasteiger partial charge in [0.05, 0.1) is 0 Å². The summed E-state index contributed by atoms with van der Waals surface area (Å²) >= 11 is 0. The molecule has 0 heterocycles. The second-order valence-electron chi connectivity index (χ2n) is 4.60. The number of allylic oxidation sites excluding steroid dienone is 4. The molecule has 2 rings (SSSR count). The van der Waals surface area contributed by atoms with Crippen molar-refractivity contribution >= 4 is 5.57 Å². The first kappa shape index (κ1) is 14.4. The van der Waals surface area contributed by atoms with Gasteiger partial charge in [-0.3, -0.25) is 0 Å². The van der Waals surface area contributed by atoms with Gasteiger partial charge in [-0.05, 0) is 35.3 Å². The number of fused-ring (bicyclic) bond motifs is 1. The Hall–Kier alpha value is -0.636. The van der Waals surface area contributed by atoms with Crippen LogP contribution < -0.4 is 0 Å². The molecule has 0 bridgehead atoms. The molecule has 0 atom stereocenters. The molecule has 0 amide bonds. The third kappa shape index (κ3) is 2.19. The zero-order valence-corrected chi connectivity index (χ0v) is 13.5. The van der Waals surface area contributed by atoms with E-state index in [4.69, 9.17) is 6.42 Å². The summed E-state index contributed by atoms with van der Waals surface area (Å²) in [5, 5.41) is 0.